The van der Waals surface area contributed by atoms with Crippen molar-refractivity contribution < 1.29 is 14.4 Å². The Labute approximate surface area is 230 Å². The van der Waals surface area contributed by atoms with Crippen molar-refractivity contribution in [3.63, 3.8) is 0 Å². The third-order valence-corrected chi connectivity index (χ3v) is 6.82. The van der Waals surface area contributed by atoms with Gasteiger partial charge in [0.05, 0.1) is 0 Å². The van der Waals surface area contributed by atoms with Gasteiger partial charge in [0.1, 0.15) is 5.78 Å². The fourth-order valence-corrected chi connectivity index (χ4v) is 4.65. The normalized spacial score (nSPS) is 10.6. The predicted octanol–water partition coefficient (Wildman–Crippen LogP) is 6.83. The molecule has 39 heavy (non-hydrogen) atoms. The van der Waals surface area contributed by atoms with E-state index in [0.29, 0.717) is 48.3 Å². The highest BCUT2D eigenvalue weighted by molar-refractivity contribution is 6.11. The molecule has 0 bridgehead atoms. The van der Waals surface area contributed by atoms with Gasteiger partial charge in [-0.05, 0) is 66.8 Å². The molecule has 0 saturated heterocycles. The fraction of sp³-hybridized carbons (Fsp3) is 0.206. The lowest BCUT2D eigenvalue weighted by Gasteiger charge is -2.21. The quantitative estimate of drug-likeness (QED) is 0.237. The second-order valence-electron chi connectivity index (χ2n) is 9.42. The Bertz CT molecular complexity index is 1420. The molecule has 0 saturated carbocycles. The molecule has 5 heteroatoms. The van der Waals surface area contributed by atoms with Crippen LogP contribution in [0.3, 0.4) is 0 Å². The maximum atomic E-state index is 13.4. The first-order valence-electron chi connectivity index (χ1n) is 13.4. The van der Waals surface area contributed by atoms with Crippen LogP contribution in [0.25, 0.3) is 11.1 Å². The van der Waals surface area contributed by atoms with Crippen LogP contribution in [0.2, 0.25) is 0 Å². The molecule has 0 heterocycles. The van der Waals surface area contributed by atoms with Crippen LogP contribution in [0.1, 0.15) is 52.1 Å². The van der Waals surface area contributed by atoms with Crippen LogP contribution in [0.15, 0.2) is 103 Å². The van der Waals surface area contributed by atoms with Crippen LogP contribution >= 0.6 is 0 Å². The Kier molecular flexibility index (Phi) is 9.41. The van der Waals surface area contributed by atoms with E-state index >= 15 is 0 Å². The first kappa shape index (κ1) is 27.5. The first-order valence-corrected chi connectivity index (χ1v) is 13.4. The van der Waals surface area contributed by atoms with Crippen LogP contribution in [0.5, 0.6) is 0 Å². The summed E-state index contributed by atoms with van der Waals surface area (Å²) < 4.78 is 0. The molecular weight excluding hydrogens is 484 g/mol. The number of hydrogen-bond donors (Lipinski definition) is 1. The van der Waals surface area contributed by atoms with E-state index in [1.54, 1.807) is 11.0 Å². The third-order valence-electron chi connectivity index (χ3n) is 6.82. The van der Waals surface area contributed by atoms with Gasteiger partial charge in [-0.25, -0.2) is 0 Å². The van der Waals surface area contributed by atoms with E-state index in [4.69, 9.17) is 0 Å². The van der Waals surface area contributed by atoms with Gasteiger partial charge < -0.3 is 10.2 Å². The van der Waals surface area contributed by atoms with Gasteiger partial charge in [-0.1, -0.05) is 78.9 Å². The molecule has 0 atom stereocenters. The maximum Gasteiger partial charge on any atom is 0.256 e. The Morgan fingerprint density at radius 1 is 0.641 bits per heavy atom. The van der Waals surface area contributed by atoms with Gasteiger partial charge in [0.15, 0.2) is 0 Å². The summed E-state index contributed by atoms with van der Waals surface area (Å²) in [4.78, 5) is 40.8. The molecule has 0 aliphatic heterocycles. The third kappa shape index (κ3) is 7.08. The van der Waals surface area contributed by atoms with E-state index in [2.05, 4.69) is 5.32 Å². The molecule has 0 fully saturated rings. The predicted molar refractivity (Wildman–Crippen MR) is 157 cm³/mol. The average molecular weight is 519 g/mol. The number of benzene rings is 4. The van der Waals surface area contributed by atoms with Crippen LogP contribution in [-0.2, 0) is 17.6 Å². The number of carbonyl (C=O) groups excluding carboxylic acids is 3. The van der Waals surface area contributed by atoms with Crippen molar-refractivity contribution in [2.45, 2.75) is 33.1 Å². The van der Waals surface area contributed by atoms with Gasteiger partial charge >= 0.3 is 0 Å². The van der Waals surface area contributed by atoms with Crippen LogP contribution in [0, 0.1) is 0 Å². The zero-order chi connectivity index (χ0) is 27.6. The molecule has 5 nitrogen and oxygen atoms in total. The number of ketones is 1. The molecule has 0 radical (unpaired) electrons. The maximum absolute atomic E-state index is 13.4. The van der Waals surface area contributed by atoms with Crippen molar-refractivity contribution in [1.82, 2.24) is 4.90 Å². The van der Waals surface area contributed by atoms with E-state index in [1.165, 1.54) is 0 Å². The zero-order valence-electron chi connectivity index (χ0n) is 22.5. The van der Waals surface area contributed by atoms with Gasteiger partial charge in [0.25, 0.3) is 11.8 Å². The Morgan fingerprint density at radius 3 is 1.85 bits per heavy atom. The van der Waals surface area contributed by atoms with Gasteiger partial charge in [-0.3, -0.25) is 14.4 Å². The second-order valence-corrected chi connectivity index (χ2v) is 9.42. The summed E-state index contributed by atoms with van der Waals surface area (Å²) in [6.45, 7) is 5.13. The van der Waals surface area contributed by atoms with Crippen molar-refractivity contribution in [2.24, 2.45) is 0 Å². The standard InChI is InChI=1S/C34H34N2O3/c1-3-36(4-2)34(39)32-17-11-9-15-30(32)29-14-8-10-16-31(29)33(38)35-27-21-18-26(19-22-27)24-28(37)23-20-25-12-6-5-7-13-25/h5-19,21-22H,3-4,20,23-24H2,1-2H3,(H,35,38). The van der Waals surface area contributed by atoms with E-state index in [1.807, 2.05) is 111 Å². The Balaban J connectivity index is 1.46. The van der Waals surface area contributed by atoms with Gasteiger partial charge in [0.2, 0.25) is 0 Å². The van der Waals surface area contributed by atoms with Gasteiger partial charge in [0, 0.05) is 42.7 Å². The number of amides is 2. The molecule has 2 amide bonds. The van der Waals surface area contributed by atoms with E-state index in [0.717, 1.165) is 23.1 Å². The highest BCUT2D eigenvalue weighted by Crippen LogP contribution is 2.29. The molecule has 4 rings (SSSR count). The van der Waals surface area contributed by atoms with Crippen molar-refractivity contribution in [3.8, 4) is 11.1 Å². The molecule has 1 N–H and O–H groups in total. The molecule has 198 valence electrons. The zero-order valence-corrected chi connectivity index (χ0v) is 22.5. The number of nitrogens with one attached hydrogen (secondary N) is 1. The molecule has 0 aromatic heterocycles. The molecule has 0 aliphatic carbocycles. The molecule has 4 aromatic rings. The summed E-state index contributed by atoms with van der Waals surface area (Å²) in [6, 6.07) is 32.1. The summed E-state index contributed by atoms with van der Waals surface area (Å²) in [5, 5.41) is 2.97. The van der Waals surface area contributed by atoms with E-state index in [9.17, 15) is 14.4 Å². The molecular formula is C34H34N2O3. The van der Waals surface area contributed by atoms with Crippen molar-refractivity contribution in [3.05, 3.63) is 125 Å². The van der Waals surface area contributed by atoms with E-state index < -0.39 is 0 Å². The number of aryl methyl sites for hydroxylation is 1. The topological polar surface area (TPSA) is 66.5 Å². The Morgan fingerprint density at radius 2 is 1.21 bits per heavy atom. The van der Waals surface area contributed by atoms with Crippen molar-refractivity contribution >= 4 is 23.3 Å². The first-order chi connectivity index (χ1) is 19.0. The second kappa shape index (κ2) is 13.3. The van der Waals surface area contributed by atoms with Crippen LogP contribution in [0.4, 0.5) is 5.69 Å². The monoisotopic (exact) mass is 518 g/mol. The van der Waals surface area contributed by atoms with Crippen LogP contribution < -0.4 is 5.32 Å². The summed E-state index contributed by atoms with van der Waals surface area (Å²) in [7, 11) is 0. The van der Waals surface area contributed by atoms with Crippen molar-refractivity contribution in [1.29, 1.82) is 0 Å². The minimum absolute atomic E-state index is 0.0558. The Hall–Kier alpha value is -4.51. The van der Waals surface area contributed by atoms with Crippen LogP contribution in [-0.4, -0.2) is 35.6 Å². The number of carbonyl (C=O) groups is 3. The highest BCUT2D eigenvalue weighted by atomic mass is 16.2. The SMILES string of the molecule is CCN(CC)C(=O)c1ccccc1-c1ccccc1C(=O)Nc1ccc(CC(=O)CCc2ccccc2)cc1. The fourth-order valence-electron chi connectivity index (χ4n) is 4.65. The largest absolute Gasteiger partial charge is 0.339 e. The number of anilines is 1. The summed E-state index contributed by atoms with van der Waals surface area (Å²) >= 11 is 0. The number of hydrogen-bond acceptors (Lipinski definition) is 3. The van der Waals surface area contributed by atoms with Crippen molar-refractivity contribution in [2.75, 3.05) is 18.4 Å². The smallest absolute Gasteiger partial charge is 0.256 e. The number of Topliss-reactive ketones (excluding diaryl/α,β-unsaturated/α-hetero) is 1. The molecule has 0 aliphatic rings. The minimum Gasteiger partial charge on any atom is -0.339 e. The lowest BCUT2D eigenvalue weighted by molar-refractivity contribution is -0.118. The summed E-state index contributed by atoms with van der Waals surface area (Å²) in [5.41, 5.74) is 5.19. The highest BCUT2D eigenvalue weighted by Gasteiger charge is 2.20. The lowest BCUT2D eigenvalue weighted by atomic mass is 9.94. The number of rotatable bonds is 11. The van der Waals surface area contributed by atoms with E-state index in [-0.39, 0.29) is 17.6 Å². The number of nitrogens with zero attached hydrogens (tertiary/aromatic N) is 1. The van der Waals surface area contributed by atoms with Gasteiger partial charge in [-0.2, -0.15) is 0 Å². The minimum atomic E-state index is -0.262. The molecule has 0 unspecified atom stereocenters. The summed E-state index contributed by atoms with van der Waals surface area (Å²) in [6.07, 6.45) is 1.59. The van der Waals surface area contributed by atoms with Gasteiger partial charge in [-0.15, -0.1) is 0 Å². The lowest BCUT2D eigenvalue weighted by Crippen LogP contribution is -2.30. The summed E-state index contributed by atoms with van der Waals surface area (Å²) in [5.74, 6) is -0.135. The molecule has 4 aromatic carbocycles. The average Bonchev–Trinajstić information content (AvgIpc) is 2.98. The molecule has 0 spiro atoms.